The molecular formula is C20H38IN5O. The number of carbonyl (C=O) groups is 1. The van der Waals surface area contributed by atoms with Crippen LogP contribution in [-0.2, 0) is 4.79 Å². The van der Waals surface area contributed by atoms with E-state index in [1.165, 1.54) is 70.9 Å². The van der Waals surface area contributed by atoms with Crippen LogP contribution >= 0.6 is 24.0 Å². The van der Waals surface area contributed by atoms with Gasteiger partial charge in [-0.15, -0.1) is 24.0 Å². The van der Waals surface area contributed by atoms with Crippen LogP contribution in [0.2, 0.25) is 0 Å². The molecule has 1 amide bonds. The molecule has 27 heavy (non-hydrogen) atoms. The molecule has 0 spiro atoms. The van der Waals surface area contributed by atoms with E-state index in [2.05, 4.69) is 20.5 Å². The third-order valence-corrected chi connectivity index (χ3v) is 6.09. The van der Waals surface area contributed by atoms with Crippen molar-refractivity contribution in [3.63, 3.8) is 0 Å². The third kappa shape index (κ3) is 7.75. The molecule has 2 N–H and O–H groups in total. The van der Waals surface area contributed by atoms with Crippen molar-refractivity contribution in [3.05, 3.63) is 0 Å². The number of carbonyl (C=O) groups excluding carboxylic acids is 1. The fourth-order valence-corrected chi connectivity index (χ4v) is 4.11. The van der Waals surface area contributed by atoms with Gasteiger partial charge in [0.1, 0.15) is 6.54 Å². The fraction of sp³-hybridized carbons (Fsp3) is 0.900. The summed E-state index contributed by atoms with van der Waals surface area (Å²) < 4.78 is 0. The first kappa shape index (κ1) is 22.7. The molecular weight excluding hydrogens is 453 g/mol. The Kier molecular flexibility index (Phi) is 9.62. The predicted molar refractivity (Wildman–Crippen MR) is 122 cm³/mol. The third-order valence-electron chi connectivity index (χ3n) is 6.09. The molecule has 0 aromatic heterocycles. The Bertz CT molecular complexity index is 481. The number of nitrogens with zero attached hydrogens (tertiary/aromatic N) is 3. The van der Waals surface area contributed by atoms with Crippen molar-refractivity contribution < 1.29 is 4.79 Å². The van der Waals surface area contributed by atoms with Crippen molar-refractivity contribution in [2.75, 3.05) is 40.3 Å². The minimum atomic E-state index is 0. The number of hydrogen-bond donors (Lipinski definition) is 2. The van der Waals surface area contributed by atoms with Gasteiger partial charge in [0.15, 0.2) is 5.96 Å². The van der Waals surface area contributed by atoms with E-state index in [1.807, 2.05) is 0 Å². The lowest BCUT2D eigenvalue weighted by molar-refractivity contribution is -0.127. The smallest absolute Gasteiger partial charge is 0.243 e. The summed E-state index contributed by atoms with van der Waals surface area (Å²) in [5.74, 6) is 1.62. The van der Waals surface area contributed by atoms with E-state index in [1.54, 1.807) is 19.0 Å². The van der Waals surface area contributed by atoms with E-state index in [0.717, 1.165) is 24.5 Å². The van der Waals surface area contributed by atoms with Gasteiger partial charge >= 0.3 is 0 Å². The average Bonchev–Trinajstić information content (AvgIpc) is 3.50. The summed E-state index contributed by atoms with van der Waals surface area (Å²) in [5.41, 5.74) is 0. The summed E-state index contributed by atoms with van der Waals surface area (Å²) in [4.78, 5) is 20.8. The van der Waals surface area contributed by atoms with Gasteiger partial charge in [-0.3, -0.25) is 4.79 Å². The molecule has 1 saturated heterocycles. The van der Waals surface area contributed by atoms with Gasteiger partial charge < -0.3 is 20.4 Å². The van der Waals surface area contributed by atoms with Crippen molar-refractivity contribution in [2.24, 2.45) is 10.9 Å². The highest BCUT2D eigenvalue weighted by atomic mass is 127. The Balaban J connectivity index is 0.00000261. The first-order valence-corrected chi connectivity index (χ1v) is 10.6. The van der Waals surface area contributed by atoms with Crippen LogP contribution < -0.4 is 10.6 Å². The maximum Gasteiger partial charge on any atom is 0.243 e. The lowest BCUT2D eigenvalue weighted by atomic mass is 9.89. The van der Waals surface area contributed by atoms with Crippen LogP contribution in [0.25, 0.3) is 0 Å². The number of amides is 1. The minimum absolute atomic E-state index is 0. The van der Waals surface area contributed by atoms with Crippen LogP contribution in [0, 0.1) is 5.92 Å². The number of likely N-dealkylation sites (tertiary alicyclic amines) is 1. The van der Waals surface area contributed by atoms with Gasteiger partial charge in [-0.1, -0.05) is 19.3 Å². The van der Waals surface area contributed by atoms with Crippen LogP contribution in [-0.4, -0.2) is 74.0 Å². The van der Waals surface area contributed by atoms with E-state index in [9.17, 15) is 4.79 Å². The predicted octanol–water partition coefficient (Wildman–Crippen LogP) is 2.43. The fourth-order valence-electron chi connectivity index (χ4n) is 4.11. The van der Waals surface area contributed by atoms with Crippen molar-refractivity contribution in [1.82, 2.24) is 20.4 Å². The van der Waals surface area contributed by atoms with Crippen LogP contribution in [0.4, 0.5) is 0 Å². The normalized spacial score (nSPS) is 22.8. The quantitative estimate of drug-likeness (QED) is 0.341. The topological polar surface area (TPSA) is 60.0 Å². The number of hydrogen-bond acceptors (Lipinski definition) is 3. The molecule has 1 heterocycles. The van der Waals surface area contributed by atoms with Crippen molar-refractivity contribution in [1.29, 1.82) is 0 Å². The van der Waals surface area contributed by atoms with Crippen molar-refractivity contribution in [2.45, 2.75) is 69.9 Å². The Hall–Kier alpha value is -0.570. The van der Waals surface area contributed by atoms with Gasteiger partial charge in [0.2, 0.25) is 5.91 Å². The molecule has 2 aliphatic carbocycles. The maximum absolute atomic E-state index is 11.9. The van der Waals surface area contributed by atoms with Crippen molar-refractivity contribution >= 4 is 35.8 Å². The number of nitrogens with one attached hydrogen (secondary N) is 2. The number of likely N-dealkylation sites (N-methyl/N-ethyl adjacent to an activating group) is 1. The zero-order valence-corrected chi connectivity index (χ0v) is 19.4. The molecule has 0 aromatic rings. The Labute approximate surface area is 181 Å². The zero-order valence-electron chi connectivity index (χ0n) is 17.1. The molecule has 0 radical (unpaired) electrons. The molecule has 156 valence electrons. The summed E-state index contributed by atoms with van der Waals surface area (Å²) in [5, 5.41) is 7.14. The Morgan fingerprint density at radius 2 is 1.70 bits per heavy atom. The molecule has 2 saturated carbocycles. The lowest BCUT2D eigenvalue weighted by Gasteiger charge is -2.33. The molecule has 0 unspecified atom stereocenters. The summed E-state index contributed by atoms with van der Waals surface area (Å²) in [6, 6.07) is 1.34. The molecule has 3 rings (SSSR count). The molecule has 3 fully saturated rings. The average molecular weight is 491 g/mol. The number of piperidine rings is 1. The van der Waals surface area contributed by atoms with E-state index < -0.39 is 0 Å². The number of halogens is 1. The molecule has 0 bridgehead atoms. The number of aliphatic imine (C=N–C) groups is 1. The lowest BCUT2D eigenvalue weighted by Crippen LogP contribution is -2.50. The Morgan fingerprint density at radius 3 is 2.30 bits per heavy atom. The summed E-state index contributed by atoms with van der Waals surface area (Å²) >= 11 is 0. The second-order valence-electron chi connectivity index (χ2n) is 8.52. The first-order valence-electron chi connectivity index (χ1n) is 10.6. The maximum atomic E-state index is 11.9. The highest BCUT2D eigenvalue weighted by Gasteiger charge is 2.32. The standard InChI is InChI=1S/C20H37N5O.HI/c1-24(2)19(26)15-22-20(21-14-16-6-4-3-5-7-16)23-17-10-12-25(13-11-17)18-8-9-18;/h16-18H,3-15H2,1-2H3,(H2,21,22,23);1H. The van der Waals surface area contributed by atoms with Gasteiger partial charge in [-0.2, -0.15) is 0 Å². The highest BCUT2D eigenvalue weighted by Crippen LogP contribution is 2.29. The second-order valence-corrected chi connectivity index (χ2v) is 8.52. The molecule has 0 aromatic carbocycles. The first-order chi connectivity index (χ1) is 12.6. The van der Waals surface area contributed by atoms with Crippen LogP contribution in [0.1, 0.15) is 57.8 Å². The summed E-state index contributed by atoms with van der Waals surface area (Å²) in [6.45, 7) is 3.57. The van der Waals surface area contributed by atoms with E-state index in [4.69, 9.17) is 0 Å². The van der Waals surface area contributed by atoms with Gasteiger partial charge in [-0.25, -0.2) is 4.99 Å². The van der Waals surface area contributed by atoms with Crippen molar-refractivity contribution in [3.8, 4) is 0 Å². The summed E-state index contributed by atoms with van der Waals surface area (Å²) in [7, 11) is 3.57. The van der Waals surface area contributed by atoms with Gasteiger partial charge in [0.25, 0.3) is 0 Å². The van der Waals surface area contributed by atoms with Crippen LogP contribution in [0.15, 0.2) is 4.99 Å². The van der Waals surface area contributed by atoms with Gasteiger partial charge in [0, 0.05) is 45.8 Å². The molecule has 3 aliphatic rings. The van der Waals surface area contributed by atoms with E-state index in [-0.39, 0.29) is 36.4 Å². The highest BCUT2D eigenvalue weighted by molar-refractivity contribution is 14.0. The minimum Gasteiger partial charge on any atom is -0.356 e. The van der Waals surface area contributed by atoms with Gasteiger partial charge in [0.05, 0.1) is 0 Å². The largest absolute Gasteiger partial charge is 0.356 e. The van der Waals surface area contributed by atoms with Crippen LogP contribution in [0.3, 0.4) is 0 Å². The molecule has 1 aliphatic heterocycles. The SMILES string of the molecule is CN(C)C(=O)CN=C(NCC1CCCCC1)NC1CCN(C2CC2)CC1.I. The van der Waals surface area contributed by atoms with E-state index >= 15 is 0 Å². The molecule has 0 atom stereocenters. The second kappa shape index (κ2) is 11.4. The van der Waals surface area contributed by atoms with Crippen LogP contribution in [0.5, 0.6) is 0 Å². The van der Waals surface area contributed by atoms with E-state index in [0.29, 0.717) is 6.04 Å². The molecule has 7 heteroatoms. The number of guanidine groups is 1. The van der Waals surface area contributed by atoms with Gasteiger partial charge in [-0.05, 0) is 44.4 Å². The summed E-state index contributed by atoms with van der Waals surface area (Å²) in [6.07, 6.45) is 11.8. The number of rotatable bonds is 6. The molecule has 6 nitrogen and oxygen atoms in total. The Morgan fingerprint density at radius 1 is 1.04 bits per heavy atom. The monoisotopic (exact) mass is 491 g/mol. The zero-order chi connectivity index (χ0) is 18.4.